The van der Waals surface area contributed by atoms with Crippen molar-refractivity contribution in [3.63, 3.8) is 0 Å². The Morgan fingerprint density at radius 3 is 2.79 bits per heavy atom. The van der Waals surface area contributed by atoms with Crippen LogP contribution in [0.5, 0.6) is 0 Å². The van der Waals surface area contributed by atoms with Crippen molar-refractivity contribution in [3.05, 3.63) is 29.8 Å². The molecule has 2 aliphatic heterocycles. The molecule has 2 fully saturated rings. The number of nitrogens with zero attached hydrogens (tertiary/aromatic N) is 1. The van der Waals surface area contributed by atoms with Gasteiger partial charge in [0, 0.05) is 24.3 Å². The smallest absolute Gasteiger partial charge is 0.328 e. The molecule has 8 heteroatoms. The summed E-state index contributed by atoms with van der Waals surface area (Å²) in [5.41, 5.74) is 6.52. The molecule has 2 aliphatic rings. The van der Waals surface area contributed by atoms with Crippen molar-refractivity contribution in [2.75, 3.05) is 25.5 Å². The van der Waals surface area contributed by atoms with Gasteiger partial charge < -0.3 is 25.4 Å². The van der Waals surface area contributed by atoms with E-state index in [1.165, 1.54) is 7.11 Å². The lowest BCUT2D eigenvalue weighted by Gasteiger charge is -2.33. The molecule has 3 atom stereocenters. The topological polar surface area (TPSA) is 111 Å². The lowest BCUT2D eigenvalue weighted by molar-refractivity contribution is -0.147. The molecule has 0 spiro atoms. The first-order chi connectivity index (χ1) is 13.5. The Bertz CT molecular complexity index is 738. The van der Waals surface area contributed by atoms with Gasteiger partial charge in [-0.2, -0.15) is 0 Å². The van der Waals surface area contributed by atoms with Gasteiger partial charge in [0.25, 0.3) is 11.8 Å². The summed E-state index contributed by atoms with van der Waals surface area (Å²) in [4.78, 5) is 39.0. The highest BCUT2D eigenvalue weighted by molar-refractivity contribution is 5.99. The molecule has 2 amide bonds. The van der Waals surface area contributed by atoms with Gasteiger partial charge in [-0.25, -0.2) is 4.79 Å². The van der Waals surface area contributed by atoms with E-state index in [1.807, 2.05) is 0 Å². The number of amides is 2. The van der Waals surface area contributed by atoms with Gasteiger partial charge in [-0.15, -0.1) is 0 Å². The fourth-order valence-corrected chi connectivity index (χ4v) is 3.75. The molecule has 152 valence electrons. The van der Waals surface area contributed by atoms with Crippen LogP contribution in [-0.4, -0.2) is 61.1 Å². The summed E-state index contributed by atoms with van der Waals surface area (Å²) in [6, 6.07) is 6.16. The van der Waals surface area contributed by atoms with Crippen LogP contribution in [0.3, 0.4) is 0 Å². The minimum Gasteiger partial charge on any atom is -0.467 e. The van der Waals surface area contributed by atoms with Gasteiger partial charge in [0.2, 0.25) is 0 Å². The highest BCUT2D eigenvalue weighted by atomic mass is 16.5. The zero-order chi connectivity index (χ0) is 20.1. The highest BCUT2D eigenvalue weighted by Gasteiger charge is 2.34. The number of hydrogen-bond acceptors (Lipinski definition) is 6. The van der Waals surface area contributed by atoms with Gasteiger partial charge in [-0.3, -0.25) is 9.59 Å². The quantitative estimate of drug-likeness (QED) is 0.735. The number of ether oxygens (including phenoxy) is 2. The number of nitrogens with one attached hydrogen (secondary N) is 1. The molecular weight excluding hydrogens is 362 g/mol. The maximum absolute atomic E-state index is 13.0. The van der Waals surface area contributed by atoms with E-state index in [0.717, 1.165) is 19.3 Å². The Morgan fingerprint density at radius 1 is 1.25 bits per heavy atom. The van der Waals surface area contributed by atoms with Crippen LogP contribution in [0.4, 0.5) is 5.69 Å². The third-order valence-electron chi connectivity index (χ3n) is 5.28. The molecule has 0 aromatic heterocycles. The van der Waals surface area contributed by atoms with E-state index in [9.17, 15) is 14.4 Å². The largest absolute Gasteiger partial charge is 0.467 e. The Hall–Kier alpha value is -2.45. The number of rotatable bonds is 5. The fourth-order valence-electron chi connectivity index (χ4n) is 3.75. The second-order valence-corrected chi connectivity index (χ2v) is 7.16. The molecule has 3 rings (SSSR count). The first-order valence-corrected chi connectivity index (χ1v) is 9.68. The SMILES string of the molecule is COC(=O)C1CCCCN1C(=O)c1cccc(NC(=O)[C@@H]2CC[C@H](CN)O2)c1. The molecule has 0 saturated carbocycles. The van der Waals surface area contributed by atoms with Gasteiger partial charge >= 0.3 is 5.97 Å². The van der Waals surface area contributed by atoms with Crippen molar-refractivity contribution < 1.29 is 23.9 Å². The molecular formula is C20H27N3O5. The zero-order valence-electron chi connectivity index (χ0n) is 16.1. The van der Waals surface area contributed by atoms with E-state index in [-0.39, 0.29) is 17.9 Å². The van der Waals surface area contributed by atoms with Crippen LogP contribution in [0.1, 0.15) is 42.5 Å². The van der Waals surface area contributed by atoms with Crippen LogP contribution < -0.4 is 11.1 Å². The number of anilines is 1. The normalized spacial score (nSPS) is 24.6. The van der Waals surface area contributed by atoms with Gasteiger partial charge in [-0.05, 0) is 50.3 Å². The summed E-state index contributed by atoms with van der Waals surface area (Å²) < 4.78 is 10.5. The lowest BCUT2D eigenvalue weighted by atomic mass is 10.0. The van der Waals surface area contributed by atoms with Crippen molar-refractivity contribution in [2.24, 2.45) is 5.73 Å². The summed E-state index contributed by atoms with van der Waals surface area (Å²) >= 11 is 0. The summed E-state index contributed by atoms with van der Waals surface area (Å²) in [6.45, 7) is 0.899. The molecule has 2 saturated heterocycles. The van der Waals surface area contributed by atoms with Gasteiger partial charge in [0.15, 0.2) is 0 Å². The molecule has 0 bridgehead atoms. The van der Waals surface area contributed by atoms with Crippen LogP contribution in [0.15, 0.2) is 24.3 Å². The van der Waals surface area contributed by atoms with Crippen LogP contribution in [0, 0.1) is 0 Å². The molecule has 8 nitrogen and oxygen atoms in total. The second kappa shape index (κ2) is 9.16. The number of esters is 1. The van der Waals surface area contributed by atoms with Crippen molar-refractivity contribution in [1.29, 1.82) is 0 Å². The first-order valence-electron chi connectivity index (χ1n) is 9.68. The van der Waals surface area contributed by atoms with Crippen LogP contribution in [0.25, 0.3) is 0 Å². The molecule has 3 N–H and O–H groups in total. The number of methoxy groups -OCH3 is 1. The van der Waals surface area contributed by atoms with E-state index < -0.39 is 18.1 Å². The third-order valence-corrected chi connectivity index (χ3v) is 5.28. The number of hydrogen-bond donors (Lipinski definition) is 2. The van der Waals surface area contributed by atoms with Crippen LogP contribution in [0.2, 0.25) is 0 Å². The predicted molar refractivity (Wildman–Crippen MR) is 103 cm³/mol. The number of piperidine rings is 1. The van der Waals surface area contributed by atoms with E-state index in [2.05, 4.69) is 5.32 Å². The monoisotopic (exact) mass is 389 g/mol. The van der Waals surface area contributed by atoms with Gasteiger partial charge in [0.05, 0.1) is 13.2 Å². The molecule has 0 aliphatic carbocycles. The van der Waals surface area contributed by atoms with Crippen LogP contribution in [-0.2, 0) is 19.1 Å². The summed E-state index contributed by atoms with van der Waals surface area (Å²) in [5.74, 6) is -0.886. The minimum absolute atomic E-state index is 0.0852. The molecule has 1 unspecified atom stereocenters. The fraction of sp³-hybridized carbons (Fsp3) is 0.550. The first kappa shape index (κ1) is 20.3. The van der Waals surface area contributed by atoms with E-state index in [0.29, 0.717) is 37.2 Å². The average Bonchev–Trinajstić information content (AvgIpc) is 3.22. The van der Waals surface area contributed by atoms with Gasteiger partial charge in [0.1, 0.15) is 12.1 Å². The van der Waals surface area contributed by atoms with Crippen molar-refractivity contribution in [3.8, 4) is 0 Å². The van der Waals surface area contributed by atoms with Gasteiger partial charge in [-0.1, -0.05) is 6.07 Å². The predicted octanol–water partition coefficient (Wildman–Crippen LogP) is 1.30. The highest BCUT2D eigenvalue weighted by Crippen LogP contribution is 2.23. The molecule has 0 radical (unpaired) electrons. The molecule has 2 heterocycles. The third kappa shape index (κ3) is 4.51. The standard InChI is InChI=1S/C20H27N3O5/c1-27-20(26)16-7-2-3-10-23(16)19(25)13-5-4-6-14(11-13)22-18(24)17-9-8-15(12-21)28-17/h4-6,11,15-17H,2-3,7-10,12,21H2,1H3,(H,22,24)/t15-,16?,17+/m1/s1. The summed E-state index contributed by atoms with van der Waals surface area (Å²) in [6.07, 6.45) is 3.09. The Morgan fingerprint density at radius 2 is 2.07 bits per heavy atom. The van der Waals surface area contributed by atoms with Crippen molar-refractivity contribution >= 4 is 23.5 Å². The summed E-state index contributed by atoms with van der Waals surface area (Å²) in [5, 5.41) is 2.80. The maximum Gasteiger partial charge on any atom is 0.328 e. The Kier molecular flexibility index (Phi) is 6.64. The molecule has 1 aromatic rings. The Labute approximate surface area is 164 Å². The zero-order valence-corrected chi connectivity index (χ0v) is 16.1. The van der Waals surface area contributed by atoms with E-state index >= 15 is 0 Å². The van der Waals surface area contributed by atoms with E-state index in [1.54, 1.807) is 29.2 Å². The number of benzene rings is 1. The lowest BCUT2D eigenvalue weighted by Crippen LogP contribution is -2.48. The molecule has 28 heavy (non-hydrogen) atoms. The number of carbonyl (C=O) groups is 3. The molecule has 1 aromatic carbocycles. The van der Waals surface area contributed by atoms with Crippen LogP contribution >= 0.6 is 0 Å². The van der Waals surface area contributed by atoms with E-state index in [4.69, 9.17) is 15.2 Å². The number of nitrogens with two attached hydrogens (primary N) is 1. The second-order valence-electron chi connectivity index (χ2n) is 7.16. The van der Waals surface area contributed by atoms with Crippen molar-refractivity contribution in [1.82, 2.24) is 4.90 Å². The minimum atomic E-state index is -0.565. The number of likely N-dealkylation sites (tertiary alicyclic amines) is 1. The Balaban J connectivity index is 1.69. The summed E-state index contributed by atoms with van der Waals surface area (Å²) in [7, 11) is 1.33. The maximum atomic E-state index is 13.0. The average molecular weight is 389 g/mol. The number of carbonyl (C=O) groups excluding carboxylic acids is 3. The van der Waals surface area contributed by atoms with Crippen molar-refractivity contribution in [2.45, 2.75) is 50.4 Å².